The fourth-order valence-electron chi connectivity index (χ4n) is 2.90. The highest BCUT2D eigenvalue weighted by Gasteiger charge is 2.17. The van der Waals surface area contributed by atoms with E-state index in [0.29, 0.717) is 28.2 Å². The van der Waals surface area contributed by atoms with Crippen molar-refractivity contribution in [3.05, 3.63) is 29.0 Å². The zero-order chi connectivity index (χ0) is 19.9. The lowest BCUT2D eigenvalue weighted by molar-refractivity contribution is 0.251. The van der Waals surface area contributed by atoms with E-state index in [-0.39, 0.29) is 12.6 Å². The Hall–Kier alpha value is -2.81. The van der Waals surface area contributed by atoms with Gasteiger partial charge in [-0.1, -0.05) is 11.6 Å². The number of carbonyl (C=O) groups excluding carboxylic acids is 1. The average molecular weight is 407 g/mol. The van der Waals surface area contributed by atoms with E-state index in [1.54, 1.807) is 18.2 Å². The molecule has 1 aromatic heterocycles. The summed E-state index contributed by atoms with van der Waals surface area (Å²) in [6.45, 7) is 1.92. The number of halogens is 1. The van der Waals surface area contributed by atoms with E-state index >= 15 is 0 Å². The normalized spacial score (nSPS) is 13.8. The van der Waals surface area contributed by atoms with Gasteiger partial charge < -0.3 is 25.0 Å². The lowest BCUT2D eigenvalue weighted by Crippen LogP contribution is -2.32. The van der Waals surface area contributed by atoms with Crippen LogP contribution in [0.15, 0.2) is 18.2 Å². The number of anilines is 2. The van der Waals surface area contributed by atoms with Gasteiger partial charge in [0, 0.05) is 18.1 Å². The summed E-state index contributed by atoms with van der Waals surface area (Å²) < 4.78 is 10.4. The van der Waals surface area contributed by atoms with Crippen LogP contribution in [0.3, 0.4) is 0 Å². The minimum atomic E-state index is -0.431. The third-order valence-corrected chi connectivity index (χ3v) is 4.52. The highest BCUT2D eigenvalue weighted by atomic mass is 35.5. The van der Waals surface area contributed by atoms with E-state index in [4.69, 9.17) is 21.1 Å². The molecule has 1 fully saturated rings. The van der Waals surface area contributed by atoms with Crippen LogP contribution in [-0.2, 0) is 6.54 Å². The van der Waals surface area contributed by atoms with Crippen molar-refractivity contribution in [3.8, 4) is 11.8 Å². The molecule has 1 aliphatic heterocycles. The van der Waals surface area contributed by atoms with Crippen LogP contribution in [0.4, 0.5) is 16.4 Å². The van der Waals surface area contributed by atoms with Crippen molar-refractivity contribution >= 4 is 29.3 Å². The first-order chi connectivity index (χ1) is 13.6. The molecule has 10 heteroatoms. The van der Waals surface area contributed by atoms with Crippen LogP contribution in [-0.4, -0.2) is 48.3 Å². The Labute approximate surface area is 168 Å². The van der Waals surface area contributed by atoms with Crippen molar-refractivity contribution in [2.45, 2.75) is 25.8 Å². The number of piperidine rings is 1. The van der Waals surface area contributed by atoms with Crippen LogP contribution < -0.4 is 25.0 Å². The molecule has 1 saturated heterocycles. The van der Waals surface area contributed by atoms with E-state index in [1.165, 1.54) is 20.6 Å². The number of hydrogen-bond donors (Lipinski definition) is 2. The van der Waals surface area contributed by atoms with Gasteiger partial charge in [0.1, 0.15) is 5.75 Å². The van der Waals surface area contributed by atoms with E-state index in [1.807, 2.05) is 0 Å². The summed E-state index contributed by atoms with van der Waals surface area (Å²) in [5.41, 5.74) is 0.467. The molecular weight excluding hydrogens is 384 g/mol. The Morgan fingerprint density at radius 3 is 2.64 bits per heavy atom. The first kappa shape index (κ1) is 19.9. The molecule has 150 valence electrons. The minimum absolute atomic E-state index is 0.119. The molecule has 0 atom stereocenters. The molecule has 2 N–H and O–H groups in total. The minimum Gasteiger partial charge on any atom is -0.495 e. The van der Waals surface area contributed by atoms with Gasteiger partial charge >= 0.3 is 12.0 Å². The molecule has 0 aliphatic carbocycles. The molecule has 28 heavy (non-hydrogen) atoms. The van der Waals surface area contributed by atoms with Gasteiger partial charge in [-0.25, -0.2) is 4.79 Å². The fraction of sp³-hybridized carbons (Fsp3) is 0.444. The molecule has 2 heterocycles. The largest absolute Gasteiger partial charge is 0.495 e. The van der Waals surface area contributed by atoms with Crippen molar-refractivity contribution in [1.82, 2.24) is 20.3 Å². The molecule has 1 aromatic carbocycles. The number of nitrogens with one attached hydrogen (secondary N) is 2. The second-order valence-corrected chi connectivity index (χ2v) is 6.67. The van der Waals surface area contributed by atoms with Crippen LogP contribution in [0.25, 0.3) is 0 Å². The predicted molar refractivity (Wildman–Crippen MR) is 106 cm³/mol. The maximum absolute atomic E-state index is 12.3. The lowest BCUT2D eigenvalue weighted by Gasteiger charge is -2.26. The predicted octanol–water partition coefficient (Wildman–Crippen LogP) is 2.85. The van der Waals surface area contributed by atoms with Crippen molar-refractivity contribution in [2.75, 3.05) is 37.5 Å². The van der Waals surface area contributed by atoms with Gasteiger partial charge in [-0.15, -0.1) is 0 Å². The molecule has 0 saturated carbocycles. The second kappa shape index (κ2) is 9.41. The van der Waals surface area contributed by atoms with Crippen molar-refractivity contribution < 1.29 is 14.3 Å². The van der Waals surface area contributed by atoms with Gasteiger partial charge in [0.25, 0.3) is 0 Å². The molecule has 0 unspecified atom stereocenters. The standard InChI is InChI=1S/C18H23ClN6O3/c1-27-14-7-6-12(19)10-13(14)21-17(26)20-11-15-22-16(24-18(23-15)28-2)25-8-4-3-5-9-25/h6-7,10H,3-5,8-9,11H2,1-2H3,(H2,20,21,26). The summed E-state index contributed by atoms with van der Waals surface area (Å²) in [6, 6.07) is 4.77. The smallest absolute Gasteiger partial charge is 0.321 e. The highest BCUT2D eigenvalue weighted by molar-refractivity contribution is 6.31. The zero-order valence-corrected chi connectivity index (χ0v) is 16.6. The number of urea groups is 1. The maximum Gasteiger partial charge on any atom is 0.321 e. The molecule has 9 nitrogen and oxygen atoms in total. The monoisotopic (exact) mass is 406 g/mol. The summed E-state index contributed by atoms with van der Waals surface area (Å²) in [6.07, 6.45) is 3.41. The maximum atomic E-state index is 12.3. The van der Waals surface area contributed by atoms with Crippen molar-refractivity contribution in [2.24, 2.45) is 0 Å². The van der Waals surface area contributed by atoms with Gasteiger partial charge in [-0.3, -0.25) is 0 Å². The number of carbonyl (C=O) groups is 1. The molecular formula is C18H23ClN6O3. The van der Waals surface area contributed by atoms with Gasteiger partial charge in [-0.05, 0) is 37.5 Å². The Balaban J connectivity index is 1.66. The molecule has 2 amide bonds. The van der Waals surface area contributed by atoms with Crippen LogP contribution >= 0.6 is 11.6 Å². The van der Waals surface area contributed by atoms with Crippen LogP contribution in [0, 0.1) is 0 Å². The lowest BCUT2D eigenvalue weighted by atomic mass is 10.1. The number of hydrogen-bond acceptors (Lipinski definition) is 7. The Kier molecular flexibility index (Phi) is 6.70. The van der Waals surface area contributed by atoms with Crippen molar-refractivity contribution in [1.29, 1.82) is 0 Å². The van der Waals surface area contributed by atoms with Crippen LogP contribution in [0.1, 0.15) is 25.1 Å². The number of benzene rings is 1. The van der Waals surface area contributed by atoms with E-state index in [0.717, 1.165) is 25.9 Å². The topological polar surface area (TPSA) is 102 Å². The van der Waals surface area contributed by atoms with Gasteiger partial charge in [0.05, 0.1) is 26.5 Å². The number of ether oxygens (including phenoxy) is 2. The molecule has 0 spiro atoms. The SMILES string of the molecule is COc1nc(CNC(=O)Nc2cc(Cl)ccc2OC)nc(N2CCCCC2)n1. The third kappa shape index (κ3) is 5.13. The van der Waals surface area contributed by atoms with Gasteiger partial charge in [0.15, 0.2) is 5.82 Å². The third-order valence-electron chi connectivity index (χ3n) is 4.29. The summed E-state index contributed by atoms with van der Waals surface area (Å²) in [7, 11) is 3.02. The number of amides is 2. The summed E-state index contributed by atoms with van der Waals surface area (Å²) in [4.78, 5) is 27.4. The van der Waals surface area contributed by atoms with Crippen molar-refractivity contribution in [3.63, 3.8) is 0 Å². The first-order valence-electron chi connectivity index (χ1n) is 9.01. The van der Waals surface area contributed by atoms with Crippen LogP contribution in [0.2, 0.25) is 5.02 Å². The first-order valence-corrected chi connectivity index (χ1v) is 9.39. The van der Waals surface area contributed by atoms with E-state index in [9.17, 15) is 4.79 Å². The number of rotatable bonds is 6. The van der Waals surface area contributed by atoms with Gasteiger partial charge in [0.2, 0.25) is 5.95 Å². The summed E-state index contributed by atoms with van der Waals surface area (Å²) >= 11 is 5.98. The molecule has 1 aliphatic rings. The molecule has 0 radical (unpaired) electrons. The second-order valence-electron chi connectivity index (χ2n) is 6.24. The number of aromatic nitrogens is 3. The quantitative estimate of drug-likeness (QED) is 0.760. The number of nitrogens with zero attached hydrogens (tertiary/aromatic N) is 4. The molecule has 3 rings (SSSR count). The molecule has 0 bridgehead atoms. The zero-order valence-electron chi connectivity index (χ0n) is 15.9. The summed E-state index contributed by atoms with van der Waals surface area (Å²) in [5.74, 6) is 1.50. The Bertz CT molecular complexity index is 829. The Morgan fingerprint density at radius 2 is 1.93 bits per heavy atom. The van der Waals surface area contributed by atoms with E-state index < -0.39 is 6.03 Å². The Morgan fingerprint density at radius 1 is 1.14 bits per heavy atom. The van der Waals surface area contributed by atoms with Crippen LogP contribution in [0.5, 0.6) is 11.8 Å². The summed E-state index contributed by atoms with van der Waals surface area (Å²) in [5, 5.41) is 5.92. The molecule has 2 aromatic rings. The highest BCUT2D eigenvalue weighted by Crippen LogP contribution is 2.27. The van der Waals surface area contributed by atoms with E-state index in [2.05, 4.69) is 30.5 Å². The van der Waals surface area contributed by atoms with Gasteiger partial charge in [-0.2, -0.15) is 15.0 Å². The fourth-order valence-corrected chi connectivity index (χ4v) is 3.07. The average Bonchev–Trinajstić information content (AvgIpc) is 2.73. The number of methoxy groups -OCH3 is 2.